The zero-order valence-electron chi connectivity index (χ0n) is 19.0. The van der Waals surface area contributed by atoms with E-state index in [2.05, 4.69) is 17.4 Å². The SMILES string of the molecule is C[C@H](c1ccccc1)N1C[C@@H](C(=O)Nc2ccc(Oc3cccc4ccccc34)cc2)CC1=O. The van der Waals surface area contributed by atoms with Gasteiger partial charge in [-0.1, -0.05) is 66.7 Å². The Balaban J connectivity index is 1.22. The average Bonchev–Trinajstić information content (AvgIpc) is 3.27. The molecular formula is C29H26N2O3. The van der Waals surface area contributed by atoms with Gasteiger partial charge in [0.15, 0.2) is 0 Å². The van der Waals surface area contributed by atoms with Crippen LogP contribution in [0.3, 0.4) is 0 Å². The van der Waals surface area contributed by atoms with Crippen molar-refractivity contribution < 1.29 is 14.3 Å². The second-order valence-corrected chi connectivity index (χ2v) is 8.63. The van der Waals surface area contributed by atoms with Crippen molar-refractivity contribution in [2.75, 3.05) is 11.9 Å². The van der Waals surface area contributed by atoms with Gasteiger partial charge in [0.2, 0.25) is 11.8 Å². The number of nitrogens with one attached hydrogen (secondary N) is 1. The molecule has 34 heavy (non-hydrogen) atoms. The molecule has 2 atom stereocenters. The molecule has 1 aliphatic heterocycles. The highest BCUT2D eigenvalue weighted by molar-refractivity contribution is 5.97. The van der Waals surface area contributed by atoms with Gasteiger partial charge in [0.1, 0.15) is 11.5 Å². The number of amides is 2. The maximum Gasteiger partial charge on any atom is 0.229 e. The quantitative estimate of drug-likeness (QED) is 0.382. The van der Waals surface area contributed by atoms with E-state index in [0.29, 0.717) is 18.0 Å². The topological polar surface area (TPSA) is 58.6 Å². The van der Waals surface area contributed by atoms with Crippen molar-refractivity contribution in [1.29, 1.82) is 0 Å². The molecule has 0 aliphatic carbocycles. The Labute approximate surface area is 199 Å². The van der Waals surface area contributed by atoms with Crippen LogP contribution in [0.1, 0.15) is 24.9 Å². The lowest BCUT2D eigenvalue weighted by atomic mass is 10.1. The molecule has 0 unspecified atom stereocenters. The van der Waals surface area contributed by atoms with Gasteiger partial charge in [0, 0.05) is 24.0 Å². The van der Waals surface area contributed by atoms with Gasteiger partial charge in [-0.05, 0) is 48.2 Å². The molecule has 170 valence electrons. The monoisotopic (exact) mass is 450 g/mol. The van der Waals surface area contributed by atoms with Crippen molar-refractivity contribution in [3.63, 3.8) is 0 Å². The number of ether oxygens (including phenoxy) is 1. The summed E-state index contributed by atoms with van der Waals surface area (Å²) in [6.45, 7) is 2.42. The molecule has 4 aromatic rings. The van der Waals surface area contributed by atoms with Gasteiger partial charge in [-0.25, -0.2) is 0 Å². The first-order valence-electron chi connectivity index (χ1n) is 11.5. The Bertz CT molecular complexity index is 1310. The number of fused-ring (bicyclic) bond motifs is 1. The molecule has 0 bridgehead atoms. The number of carbonyl (C=O) groups excluding carboxylic acids is 2. The summed E-state index contributed by atoms with van der Waals surface area (Å²) in [5, 5.41) is 5.11. The van der Waals surface area contributed by atoms with E-state index in [0.717, 1.165) is 22.1 Å². The van der Waals surface area contributed by atoms with E-state index in [1.165, 1.54) is 0 Å². The van der Waals surface area contributed by atoms with Crippen molar-refractivity contribution in [2.24, 2.45) is 5.92 Å². The van der Waals surface area contributed by atoms with Gasteiger partial charge in [-0.2, -0.15) is 0 Å². The largest absolute Gasteiger partial charge is 0.457 e. The van der Waals surface area contributed by atoms with Gasteiger partial charge in [-0.15, -0.1) is 0 Å². The summed E-state index contributed by atoms with van der Waals surface area (Å²) >= 11 is 0. The fraction of sp³-hybridized carbons (Fsp3) is 0.172. The zero-order chi connectivity index (χ0) is 23.5. The fourth-order valence-electron chi connectivity index (χ4n) is 4.46. The highest BCUT2D eigenvalue weighted by Gasteiger charge is 2.37. The summed E-state index contributed by atoms with van der Waals surface area (Å²) < 4.78 is 6.08. The van der Waals surface area contributed by atoms with E-state index in [4.69, 9.17) is 4.74 Å². The van der Waals surface area contributed by atoms with Gasteiger partial charge in [0.05, 0.1) is 12.0 Å². The molecule has 4 aromatic carbocycles. The number of likely N-dealkylation sites (tertiary alicyclic amines) is 1. The Morgan fingerprint density at radius 1 is 0.912 bits per heavy atom. The molecule has 0 aromatic heterocycles. The van der Waals surface area contributed by atoms with Crippen molar-refractivity contribution in [2.45, 2.75) is 19.4 Å². The molecule has 0 spiro atoms. The molecule has 1 saturated heterocycles. The Kier molecular flexibility index (Phi) is 6.00. The molecule has 1 fully saturated rings. The predicted octanol–water partition coefficient (Wildman–Crippen LogP) is 6.18. The lowest BCUT2D eigenvalue weighted by Gasteiger charge is -2.25. The van der Waals surface area contributed by atoms with Crippen LogP contribution >= 0.6 is 0 Å². The van der Waals surface area contributed by atoms with Crippen LogP contribution in [0.2, 0.25) is 0 Å². The van der Waals surface area contributed by atoms with Crippen LogP contribution in [-0.2, 0) is 9.59 Å². The molecule has 0 radical (unpaired) electrons. The number of anilines is 1. The van der Waals surface area contributed by atoms with E-state index in [9.17, 15) is 9.59 Å². The van der Waals surface area contributed by atoms with Crippen molar-refractivity contribution >= 4 is 28.3 Å². The molecular weight excluding hydrogens is 424 g/mol. The second-order valence-electron chi connectivity index (χ2n) is 8.63. The third kappa shape index (κ3) is 4.50. The van der Waals surface area contributed by atoms with Gasteiger partial charge < -0.3 is 15.0 Å². The summed E-state index contributed by atoms with van der Waals surface area (Å²) in [7, 11) is 0. The molecule has 1 N–H and O–H groups in total. The Morgan fingerprint density at radius 2 is 1.62 bits per heavy atom. The first kappa shape index (κ1) is 21.7. The van der Waals surface area contributed by atoms with Crippen LogP contribution in [0.4, 0.5) is 5.69 Å². The molecule has 1 aliphatic rings. The van der Waals surface area contributed by atoms with Crippen LogP contribution in [0.25, 0.3) is 10.8 Å². The molecule has 1 heterocycles. The zero-order valence-corrected chi connectivity index (χ0v) is 19.0. The minimum absolute atomic E-state index is 0.00957. The smallest absolute Gasteiger partial charge is 0.229 e. The standard InChI is InChI=1S/C29H26N2O3/c1-20(21-8-3-2-4-9-21)31-19-23(18-28(31)32)29(33)30-24-14-16-25(17-15-24)34-27-13-7-11-22-10-5-6-12-26(22)27/h2-17,20,23H,18-19H2,1H3,(H,30,33)/t20-,23+/m1/s1. The molecule has 5 nitrogen and oxygen atoms in total. The van der Waals surface area contributed by atoms with E-state index >= 15 is 0 Å². The third-order valence-corrected chi connectivity index (χ3v) is 6.38. The molecule has 5 rings (SSSR count). The maximum absolute atomic E-state index is 12.9. The normalized spacial score (nSPS) is 16.4. The Morgan fingerprint density at radius 3 is 2.41 bits per heavy atom. The van der Waals surface area contributed by atoms with Crippen LogP contribution in [0.15, 0.2) is 97.1 Å². The van der Waals surface area contributed by atoms with E-state index in [1.807, 2.05) is 91.9 Å². The van der Waals surface area contributed by atoms with Crippen molar-refractivity contribution in [3.8, 4) is 11.5 Å². The Hall–Kier alpha value is -4.12. The number of nitrogens with zero attached hydrogens (tertiary/aromatic N) is 1. The third-order valence-electron chi connectivity index (χ3n) is 6.38. The van der Waals surface area contributed by atoms with Crippen LogP contribution in [-0.4, -0.2) is 23.3 Å². The van der Waals surface area contributed by atoms with E-state index in [1.54, 1.807) is 4.90 Å². The average molecular weight is 451 g/mol. The fourth-order valence-corrected chi connectivity index (χ4v) is 4.46. The van der Waals surface area contributed by atoms with Crippen LogP contribution in [0, 0.1) is 5.92 Å². The van der Waals surface area contributed by atoms with Crippen molar-refractivity contribution in [3.05, 3.63) is 103 Å². The van der Waals surface area contributed by atoms with Crippen LogP contribution in [0.5, 0.6) is 11.5 Å². The van der Waals surface area contributed by atoms with E-state index < -0.39 is 0 Å². The minimum atomic E-state index is -0.370. The van der Waals surface area contributed by atoms with Crippen LogP contribution < -0.4 is 10.1 Å². The lowest BCUT2D eigenvalue weighted by Crippen LogP contribution is -2.30. The van der Waals surface area contributed by atoms with E-state index in [-0.39, 0.29) is 30.2 Å². The highest BCUT2D eigenvalue weighted by atomic mass is 16.5. The molecule has 2 amide bonds. The lowest BCUT2D eigenvalue weighted by molar-refractivity contribution is -0.129. The highest BCUT2D eigenvalue weighted by Crippen LogP contribution is 2.31. The minimum Gasteiger partial charge on any atom is -0.457 e. The van der Waals surface area contributed by atoms with Gasteiger partial charge >= 0.3 is 0 Å². The van der Waals surface area contributed by atoms with Gasteiger partial charge in [-0.3, -0.25) is 9.59 Å². The molecule has 0 saturated carbocycles. The summed E-state index contributed by atoms with van der Waals surface area (Å²) in [4.78, 5) is 27.3. The summed E-state index contributed by atoms with van der Waals surface area (Å²) in [5.74, 6) is 0.972. The number of hydrogen-bond donors (Lipinski definition) is 1. The summed E-state index contributed by atoms with van der Waals surface area (Å²) in [6.07, 6.45) is 0.227. The van der Waals surface area contributed by atoms with Gasteiger partial charge in [0.25, 0.3) is 0 Å². The second kappa shape index (κ2) is 9.40. The number of hydrogen-bond acceptors (Lipinski definition) is 3. The maximum atomic E-state index is 12.9. The molecule has 5 heteroatoms. The first-order chi connectivity index (χ1) is 16.6. The number of rotatable bonds is 6. The predicted molar refractivity (Wildman–Crippen MR) is 134 cm³/mol. The number of benzene rings is 4. The van der Waals surface area contributed by atoms with Crippen molar-refractivity contribution in [1.82, 2.24) is 4.90 Å². The number of carbonyl (C=O) groups is 2. The first-order valence-corrected chi connectivity index (χ1v) is 11.5. The summed E-state index contributed by atoms with van der Waals surface area (Å²) in [6, 6.07) is 31.2. The summed E-state index contributed by atoms with van der Waals surface area (Å²) in [5.41, 5.74) is 1.75.